The van der Waals surface area contributed by atoms with Gasteiger partial charge in [-0.05, 0) is 41.3 Å². The highest BCUT2D eigenvalue weighted by Crippen LogP contribution is 2.30. The minimum atomic E-state index is -0.149. The number of fused-ring (bicyclic) bond motifs is 1. The van der Waals surface area contributed by atoms with Crippen LogP contribution in [0.25, 0.3) is 10.8 Å². The lowest BCUT2D eigenvalue weighted by Gasteiger charge is -2.13. The van der Waals surface area contributed by atoms with Crippen LogP contribution in [0, 0.1) is 0 Å². The van der Waals surface area contributed by atoms with Gasteiger partial charge in [-0.1, -0.05) is 56.3 Å². The highest BCUT2D eigenvalue weighted by Gasteiger charge is 2.11. The molecular weight excluding hydrogens is 355 g/mol. The summed E-state index contributed by atoms with van der Waals surface area (Å²) in [7, 11) is 1.76. The minimum Gasteiger partial charge on any atom is -0.374 e. The summed E-state index contributed by atoms with van der Waals surface area (Å²) in [5.74, 6) is 1.29. The van der Waals surface area contributed by atoms with Gasteiger partial charge in [0.2, 0.25) is 0 Å². The summed E-state index contributed by atoms with van der Waals surface area (Å²) in [5.41, 5.74) is 0.766. The van der Waals surface area contributed by atoms with Crippen LogP contribution in [0.3, 0.4) is 0 Å². The zero-order valence-electron chi connectivity index (χ0n) is 16.5. The zero-order valence-corrected chi connectivity index (χ0v) is 17.3. The number of hydrogen-bond acceptors (Lipinski definition) is 2. The topological polar surface area (TPSA) is 24.4 Å². The number of amidine groups is 1. The van der Waals surface area contributed by atoms with Gasteiger partial charge >= 0.3 is 0 Å². The van der Waals surface area contributed by atoms with Crippen LogP contribution in [0.15, 0.2) is 75.9 Å². The second kappa shape index (κ2) is 11.6. The molecule has 27 heavy (non-hydrogen) atoms. The Morgan fingerprint density at radius 1 is 1.15 bits per heavy atom. The maximum atomic E-state index is 14.8. The number of allylic oxidation sites excluding steroid dienone is 3. The molecule has 4 heteroatoms. The van der Waals surface area contributed by atoms with Crippen LogP contribution in [0.1, 0.15) is 33.1 Å². The van der Waals surface area contributed by atoms with E-state index < -0.39 is 0 Å². The molecule has 2 aromatic carbocycles. The van der Waals surface area contributed by atoms with Gasteiger partial charge in [0.05, 0.1) is 0 Å². The molecule has 2 rings (SSSR count). The molecule has 0 spiro atoms. The lowest BCUT2D eigenvalue weighted by molar-refractivity contribution is 0.650. The first kappa shape index (κ1) is 21.2. The number of nitrogens with one attached hydrogen (secondary N) is 1. The van der Waals surface area contributed by atoms with Crippen molar-refractivity contribution in [1.82, 2.24) is 5.32 Å². The van der Waals surface area contributed by atoms with E-state index in [4.69, 9.17) is 0 Å². The van der Waals surface area contributed by atoms with Gasteiger partial charge in [-0.25, -0.2) is 4.39 Å². The van der Waals surface area contributed by atoms with Crippen LogP contribution in [0.5, 0.6) is 0 Å². The molecule has 0 heterocycles. The standard InChI is InChI=1S/C23H29FN2S/c1-4-6-13-21(24)19(16-23(25-3)26-15-5-2)17-27-22-14-9-11-18-10-7-8-12-20(18)22/h6-14H,4-5,15-17H2,1-3H3,(H,25,26)/b13-6-,21-19-. The SMILES string of the molecule is CC/C=C\C(F)=C(\CSc1cccc2ccccc12)CC(=NC)NCCC. The van der Waals surface area contributed by atoms with E-state index in [0.717, 1.165) is 30.8 Å². The predicted molar refractivity (Wildman–Crippen MR) is 119 cm³/mol. The number of halogens is 1. The largest absolute Gasteiger partial charge is 0.374 e. The molecule has 2 nitrogen and oxygen atoms in total. The van der Waals surface area contributed by atoms with E-state index in [1.54, 1.807) is 24.9 Å². The lowest BCUT2D eigenvalue weighted by Crippen LogP contribution is -2.25. The van der Waals surface area contributed by atoms with Crippen molar-refractivity contribution in [3.8, 4) is 0 Å². The van der Waals surface area contributed by atoms with Crippen LogP contribution in [-0.2, 0) is 0 Å². The lowest BCUT2D eigenvalue weighted by atomic mass is 10.1. The molecule has 0 aliphatic heterocycles. The van der Waals surface area contributed by atoms with Crippen molar-refractivity contribution in [2.75, 3.05) is 19.3 Å². The van der Waals surface area contributed by atoms with E-state index in [2.05, 4.69) is 47.6 Å². The quantitative estimate of drug-likeness (QED) is 0.230. The van der Waals surface area contributed by atoms with Crippen molar-refractivity contribution in [3.05, 3.63) is 66.0 Å². The highest BCUT2D eigenvalue weighted by atomic mass is 32.2. The van der Waals surface area contributed by atoms with Crippen LogP contribution in [0.4, 0.5) is 4.39 Å². The Labute approximate surface area is 166 Å². The summed E-state index contributed by atoms with van der Waals surface area (Å²) in [4.78, 5) is 5.48. The fraction of sp³-hybridized carbons (Fsp3) is 0.348. The molecule has 0 fully saturated rings. The molecule has 0 bridgehead atoms. The molecule has 0 aliphatic rings. The third-order valence-electron chi connectivity index (χ3n) is 4.22. The van der Waals surface area contributed by atoms with Gasteiger partial charge in [0.25, 0.3) is 0 Å². The normalized spacial score (nSPS) is 13.3. The molecule has 1 N–H and O–H groups in total. The van der Waals surface area contributed by atoms with E-state index in [1.807, 2.05) is 25.1 Å². The Bertz CT molecular complexity index is 819. The van der Waals surface area contributed by atoms with Crippen molar-refractivity contribution >= 4 is 28.4 Å². The van der Waals surface area contributed by atoms with Crippen LogP contribution in [-0.4, -0.2) is 25.2 Å². The second-order valence-electron chi connectivity index (χ2n) is 6.30. The number of benzene rings is 2. The molecule has 2 aromatic rings. The predicted octanol–water partition coefficient (Wildman–Crippen LogP) is 6.54. The Morgan fingerprint density at radius 3 is 2.67 bits per heavy atom. The smallest absolute Gasteiger partial charge is 0.123 e. The van der Waals surface area contributed by atoms with Gasteiger partial charge in [0.15, 0.2) is 0 Å². The van der Waals surface area contributed by atoms with Gasteiger partial charge in [-0.15, -0.1) is 11.8 Å². The number of aliphatic imine (C=N–C) groups is 1. The Morgan fingerprint density at radius 2 is 1.93 bits per heavy atom. The third kappa shape index (κ3) is 6.55. The fourth-order valence-corrected chi connectivity index (χ4v) is 3.81. The number of nitrogens with zero attached hydrogens (tertiary/aromatic N) is 1. The van der Waals surface area contributed by atoms with Gasteiger partial charge < -0.3 is 5.32 Å². The zero-order chi connectivity index (χ0) is 19.5. The first-order chi connectivity index (χ1) is 13.2. The van der Waals surface area contributed by atoms with Gasteiger partial charge in [-0.3, -0.25) is 4.99 Å². The first-order valence-electron chi connectivity index (χ1n) is 9.53. The van der Waals surface area contributed by atoms with Gasteiger partial charge in [0.1, 0.15) is 11.7 Å². The van der Waals surface area contributed by atoms with Crippen LogP contribution < -0.4 is 5.32 Å². The van der Waals surface area contributed by atoms with E-state index >= 15 is 0 Å². The van der Waals surface area contributed by atoms with Crippen molar-refractivity contribution in [3.63, 3.8) is 0 Å². The highest BCUT2D eigenvalue weighted by molar-refractivity contribution is 7.99. The average Bonchev–Trinajstić information content (AvgIpc) is 2.71. The molecule has 0 saturated carbocycles. The molecule has 0 unspecified atom stereocenters. The molecule has 0 amide bonds. The van der Waals surface area contributed by atoms with Crippen molar-refractivity contribution in [1.29, 1.82) is 0 Å². The van der Waals surface area contributed by atoms with Crippen molar-refractivity contribution < 1.29 is 4.39 Å². The van der Waals surface area contributed by atoms with Crippen molar-refractivity contribution in [2.24, 2.45) is 4.99 Å². The third-order valence-corrected chi connectivity index (χ3v) is 5.38. The van der Waals surface area contributed by atoms with Gasteiger partial charge in [0, 0.05) is 30.7 Å². The van der Waals surface area contributed by atoms with E-state index in [1.165, 1.54) is 15.7 Å². The van der Waals surface area contributed by atoms with E-state index in [9.17, 15) is 4.39 Å². The monoisotopic (exact) mass is 384 g/mol. The molecule has 0 saturated heterocycles. The Balaban J connectivity index is 2.22. The summed E-state index contributed by atoms with van der Waals surface area (Å²) < 4.78 is 14.8. The maximum absolute atomic E-state index is 14.8. The molecular formula is C23H29FN2S. The number of rotatable bonds is 9. The van der Waals surface area contributed by atoms with Crippen molar-refractivity contribution in [2.45, 2.75) is 38.0 Å². The summed E-state index contributed by atoms with van der Waals surface area (Å²) in [6.45, 7) is 4.97. The molecule has 0 atom stereocenters. The molecule has 0 aliphatic carbocycles. The first-order valence-corrected chi connectivity index (χ1v) is 10.5. The van der Waals surface area contributed by atoms with Crippen LogP contribution >= 0.6 is 11.8 Å². The molecule has 0 aromatic heterocycles. The average molecular weight is 385 g/mol. The summed E-state index contributed by atoms with van der Waals surface area (Å²) in [6.07, 6.45) is 5.79. The maximum Gasteiger partial charge on any atom is 0.123 e. The van der Waals surface area contributed by atoms with Gasteiger partial charge in [-0.2, -0.15) is 0 Å². The summed E-state index contributed by atoms with van der Waals surface area (Å²) >= 11 is 1.68. The minimum absolute atomic E-state index is 0.149. The Kier molecular flexibility index (Phi) is 9.12. The van der Waals surface area contributed by atoms with E-state index in [0.29, 0.717) is 12.2 Å². The second-order valence-corrected chi connectivity index (χ2v) is 7.32. The Hall–Kier alpha value is -2.07. The van der Waals surface area contributed by atoms with E-state index in [-0.39, 0.29) is 5.83 Å². The molecule has 0 radical (unpaired) electrons. The van der Waals surface area contributed by atoms with Crippen LogP contribution in [0.2, 0.25) is 0 Å². The molecule has 144 valence electrons. The fourth-order valence-electron chi connectivity index (χ4n) is 2.72. The summed E-state index contributed by atoms with van der Waals surface area (Å²) in [5, 5.41) is 5.72. The number of thioether (sulfide) groups is 1. The number of hydrogen-bond donors (Lipinski definition) is 1. The summed E-state index contributed by atoms with van der Waals surface area (Å²) in [6, 6.07) is 14.6.